The van der Waals surface area contributed by atoms with Gasteiger partial charge in [-0.1, -0.05) is 12.2 Å². The number of ether oxygens (including phenoxy) is 6. The van der Waals surface area contributed by atoms with E-state index in [0.29, 0.717) is 24.2 Å². The van der Waals surface area contributed by atoms with E-state index in [1.807, 2.05) is 26.8 Å². The first-order valence-electron chi connectivity index (χ1n) is 11.0. The highest BCUT2D eigenvalue weighted by Crippen LogP contribution is 2.36. The topological polar surface area (TPSA) is 92.7 Å². The maximum Gasteiger partial charge on any atom is 0.342 e. The zero-order valence-electron chi connectivity index (χ0n) is 19.5. The van der Waals surface area contributed by atoms with Crippen molar-refractivity contribution in [3.63, 3.8) is 0 Å². The Morgan fingerprint density at radius 1 is 1.19 bits per heavy atom. The Morgan fingerprint density at radius 3 is 2.69 bits per heavy atom. The Kier molecular flexibility index (Phi) is 8.16. The van der Waals surface area contributed by atoms with Crippen LogP contribution < -0.4 is 4.74 Å². The van der Waals surface area contributed by atoms with Crippen molar-refractivity contribution in [1.82, 2.24) is 0 Å². The molecule has 0 amide bonds. The van der Waals surface area contributed by atoms with Crippen LogP contribution in [0.1, 0.15) is 62.4 Å². The number of phenolic OH excluding ortho intramolecular Hbond substituents is 1. The lowest BCUT2D eigenvalue weighted by Crippen LogP contribution is -2.37. The zero-order chi connectivity index (χ0) is 23.3. The summed E-state index contributed by atoms with van der Waals surface area (Å²) in [5.41, 5.74) is 0.613. The molecule has 8 heteroatoms. The Morgan fingerprint density at radius 2 is 1.97 bits per heavy atom. The average molecular weight is 451 g/mol. The van der Waals surface area contributed by atoms with Crippen molar-refractivity contribution >= 4 is 12.0 Å². The van der Waals surface area contributed by atoms with Crippen molar-refractivity contribution in [2.45, 2.75) is 76.7 Å². The second-order valence-corrected chi connectivity index (χ2v) is 8.65. The molecule has 2 heterocycles. The van der Waals surface area contributed by atoms with Gasteiger partial charge < -0.3 is 33.5 Å². The monoisotopic (exact) mass is 450 g/mol. The minimum Gasteiger partial charge on any atom is -0.507 e. The minimum atomic E-state index is -0.717. The van der Waals surface area contributed by atoms with Crippen LogP contribution in [-0.4, -0.2) is 62.3 Å². The molecule has 0 unspecified atom stereocenters. The van der Waals surface area contributed by atoms with Gasteiger partial charge >= 0.3 is 5.97 Å². The molecule has 2 aliphatic rings. The lowest BCUT2D eigenvalue weighted by atomic mass is 9.98. The number of benzene rings is 1. The number of rotatable bonds is 4. The summed E-state index contributed by atoms with van der Waals surface area (Å²) >= 11 is 0. The van der Waals surface area contributed by atoms with Gasteiger partial charge in [0.15, 0.2) is 5.79 Å². The first-order valence-corrected chi connectivity index (χ1v) is 11.0. The van der Waals surface area contributed by atoms with Gasteiger partial charge in [0, 0.05) is 13.2 Å². The summed E-state index contributed by atoms with van der Waals surface area (Å²) in [5.74, 6) is -1.03. The molecule has 1 aromatic carbocycles. The Balaban J connectivity index is 1.97. The number of hydrogen-bond acceptors (Lipinski definition) is 8. The third-order valence-corrected chi connectivity index (χ3v) is 5.62. The van der Waals surface area contributed by atoms with Gasteiger partial charge in [0.25, 0.3) is 0 Å². The molecular formula is C24H34O8. The molecule has 1 saturated heterocycles. The third kappa shape index (κ3) is 6.01. The number of esters is 1. The Labute approximate surface area is 189 Å². The maximum absolute atomic E-state index is 12.8. The SMILES string of the molecule is COCO[C@H]1C/C=C/c2cc(OC)cc(O)c2C(=O)O[C@@H](C)CCC[C@H]2OC(C)(C)O[C@@H]12. The van der Waals surface area contributed by atoms with Crippen LogP contribution in [0.5, 0.6) is 11.5 Å². The molecule has 32 heavy (non-hydrogen) atoms. The predicted octanol–water partition coefficient (Wildman–Crippen LogP) is 4.04. The average Bonchev–Trinajstić information content (AvgIpc) is 3.03. The molecule has 0 aromatic heterocycles. The highest BCUT2D eigenvalue weighted by molar-refractivity contribution is 5.97. The minimum absolute atomic E-state index is 0.111. The van der Waals surface area contributed by atoms with E-state index in [-0.39, 0.29) is 42.5 Å². The van der Waals surface area contributed by atoms with Crippen molar-refractivity contribution in [1.29, 1.82) is 0 Å². The summed E-state index contributed by atoms with van der Waals surface area (Å²) in [4.78, 5) is 12.8. The molecule has 8 nitrogen and oxygen atoms in total. The number of fused-ring (bicyclic) bond motifs is 2. The fraction of sp³-hybridized carbons (Fsp3) is 0.625. The van der Waals surface area contributed by atoms with E-state index >= 15 is 0 Å². The van der Waals surface area contributed by atoms with Crippen molar-refractivity contribution in [3.05, 3.63) is 29.3 Å². The number of cyclic esters (lactones) is 1. The van der Waals surface area contributed by atoms with Crippen LogP contribution in [0.15, 0.2) is 18.2 Å². The number of carbonyl (C=O) groups excluding carboxylic acids is 1. The first-order chi connectivity index (χ1) is 15.2. The number of carbonyl (C=O) groups is 1. The van der Waals surface area contributed by atoms with Crippen LogP contribution in [0.4, 0.5) is 0 Å². The molecule has 0 radical (unpaired) electrons. The molecule has 1 N–H and O–H groups in total. The van der Waals surface area contributed by atoms with E-state index in [2.05, 4.69) is 0 Å². The number of methoxy groups -OCH3 is 2. The smallest absolute Gasteiger partial charge is 0.342 e. The summed E-state index contributed by atoms with van der Waals surface area (Å²) < 4.78 is 34.3. The summed E-state index contributed by atoms with van der Waals surface area (Å²) in [5, 5.41) is 10.5. The van der Waals surface area contributed by atoms with E-state index in [0.717, 1.165) is 12.8 Å². The lowest BCUT2D eigenvalue weighted by Gasteiger charge is -2.26. The van der Waals surface area contributed by atoms with Crippen molar-refractivity contribution in [2.24, 2.45) is 0 Å². The number of hydrogen-bond donors (Lipinski definition) is 1. The highest BCUT2D eigenvalue weighted by atomic mass is 16.8. The molecule has 1 aromatic rings. The van der Waals surface area contributed by atoms with E-state index < -0.39 is 11.8 Å². The quantitative estimate of drug-likeness (QED) is 0.543. The summed E-state index contributed by atoms with van der Waals surface area (Å²) in [7, 11) is 3.08. The Hall–Kier alpha value is -2.13. The van der Waals surface area contributed by atoms with Gasteiger partial charge in [0.2, 0.25) is 0 Å². The highest BCUT2D eigenvalue weighted by Gasteiger charge is 2.45. The first kappa shape index (κ1) is 24.5. The molecule has 4 atom stereocenters. The summed E-state index contributed by atoms with van der Waals surface area (Å²) in [6, 6.07) is 3.10. The van der Waals surface area contributed by atoms with Crippen LogP contribution in [0.2, 0.25) is 0 Å². The van der Waals surface area contributed by atoms with Gasteiger partial charge in [0.1, 0.15) is 30.0 Å². The van der Waals surface area contributed by atoms with Crippen molar-refractivity contribution in [3.8, 4) is 11.5 Å². The predicted molar refractivity (Wildman–Crippen MR) is 118 cm³/mol. The number of phenols is 1. The van der Waals surface area contributed by atoms with Crippen LogP contribution in [0, 0.1) is 0 Å². The zero-order valence-corrected chi connectivity index (χ0v) is 19.5. The molecule has 0 aliphatic carbocycles. The fourth-order valence-corrected chi connectivity index (χ4v) is 4.18. The molecule has 0 spiro atoms. The summed E-state index contributed by atoms with van der Waals surface area (Å²) in [6.07, 6.45) is 5.25. The van der Waals surface area contributed by atoms with Gasteiger partial charge in [-0.3, -0.25) is 0 Å². The van der Waals surface area contributed by atoms with Gasteiger partial charge in [-0.2, -0.15) is 0 Å². The van der Waals surface area contributed by atoms with E-state index in [9.17, 15) is 9.90 Å². The number of aromatic hydroxyl groups is 1. The molecule has 1 fully saturated rings. The lowest BCUT2D eigenvalue weighted by molar-refractivity contribution is -0.169. The van der Waals surface area contributed by atoms with Crippen molar-refractivity contribution in [2.75, 3.05) is 21.0 Å². The normalized spacial score (nSPS) is 29.3. The van der Waals surface area contributed by atoms with Crippen LogP contribution in [0.25, 0.3) is 6.08 Å². The second-order valence-electron chi connectivity index (χ2n) is 8.65. The van der Waals surface area contributed by atoms with Crippen LogP contribution in [0.3, 0.4) is 0 Å². The van der Waals surface area contributed by atoms with Gasteiger partial charge in [0.05, 0.1) is 25.4 Å². The van der Waals surface area contributed by atoms with Gasteiger partial charge in [-0.25, -0.2) is 4.79 Å². The van der Waals surface area contributed by atoms with Gasteiger partial charge in [-0.15, -0.1) is 0 Å². The standard InChI is InChI=1S/C24H34O8/c1-15-8-6-11-20-22(32-24(2,3)31-20)19(29-14-27-4)10-7-9-16-12-17(28-5)13-18(25)21(16)23(26)30-15/h7,9,12-13,15,19-20,22,25H,6,8,10-11,14H2,1-5H3/b9-7+/t15-,19-,20+,22-/m0/s1. The molecular weight excluding hydrogens is 416 g/mol. The molecule has 3 rings (SSSR count). The van der Waals surface area contributed by atoms with Gasteiger partial charge in [-0.05, 0) is 58.1 Å². The second kappa shape index (κ2) is 10.7. The van der Waals surface area contributed by atoms with Crippen LogP contribution >= 0.6 is 0 Å². The van der Waals surface area contributed by atoms with E-state index in [1.165, 1.54) is 13.2 Å². The van der Waals surface area contributed by atoms with Crippen molar-refractivity contribution < 1.29 is 38.3 Å². The molecule has 0 bridgehead atoms. The molecule has 0 saturated carbocycles. The summed E-state index contributed by atoms with van der Waals surface area (Å²) in [6.45, 7) is 5.76. The largest absolute Gasteiger partial charge is 0.507 e. The van der Waals surface area contributed by atoms with Crippen LogP contribution in [-0.2, 0) is 23.7 Å². The third-order valence-electron chi connectivity index (χ3n) is 5.62. The van der Waals surface area contributed by atoms with E-state index in [4.69, 9.17) is 28.4 Å². The van der Waals surface area contributed by atoms with E-state index in [1.54, 1.807) is 19.3 Å². The molecule has 178 valence electrons. The molecule has 2 aliphatic heterocycles. The fourth-order valence-electron chi connectivity index (χ4n) is 4.18. The Bertz CT molecular complexity index is 818. The maximum atomic E-state index is 12.8.